The number of benzene rings is 2. The van der Waals surface area contributed by atoms with Crippen LogP contribution in [0, 0.1) is 5.82 Å². The van der Waals surface area contributed by atoms with Crippen LogP contribution in [-0.2, 0) is 7.05 Å². The molecule has 1 unspecified atom stereocenters. The van der Waals surface area contributed by atoms with Crippen LogP contribution in [0.2, 0.25) is 0 Å². The van der Waals surface area contributed by atoms with Crippen molar-refractivity contribution in [1.82, 2.24) is 29.4 Å². The number of aromatic nitrogens is 4. The molecule has 1 aliphatic rings. The Bertz CT molecular complexity index is 1780. The largest absolute Gasteiger partial charge is 0.391 e. The first-order chi connectivity index (χ1) is 19.7. The van der Waals surface area contributed by atoms with Crippen molar-refractivity contribution in [2.75, 3.05) is 18.4 Å². The van der Waals surface area contributed by atoms with Gasteiger partial charge in [0, 0.05) is 43.4 Å². The van der Waals surface area contributed by atoms with Crippen LogP contribution in [-0.4, -0.2) is 60.3 Å². The highest BCUT2D eigenvalue weighted by atomic mass is 19.1. The number of amides is 3. The van der Waals surface area contributed by atoms with Crippen LogP contribution in [0.3, 0.4) is 0 Å². The maximum atomic E-state index is 13.7. The first-order valence-corrected chi connectivity index (χ1v) is 13.5. The first-order valence-electron chi connectivity index (χ1n) is 13.5. The molecule has 0 aliphatic carbocycles. The van der Waals surface area contributed by atoms with Crippen molar-refractivity contribution in [3.05, 3.63) is 83.9 Å². The molecule has 0 radical (unpaired) electrons. The zero-order chi connectivity index (χ0) is 28.7. The normalized spacial score (nSPS) is 16.2. The van der Waals surface area contributed by atoms with Crippen molar-refractivity contribution in [3.63, 3.8) is 0 Å². The second kappa shape index (κ2) is 10.7. The Morgan fingerprint density at radius 3 is 2.76 bits per heavy atom. The van der Waals surface area contributed by atoms with Crippen LogP contribution in [0.1, 0.15) is 41.7 Å². The predicted molar refractivity (Wildman–Crippen MR) is 153 cm³/mol. The topological polar surface area (TPSA) is 117 Å². The van der Waals surface area contributed by atoms with Gasteiger partial charge in [0.05, 0.1) is 17.7 Å². The van der Waals surface area contributed by atoms with Gasteiger partial charge in [-0.25, -0.2) is 13.7 Å². The minimum Gasteiger partial charge on any atom is -0.391 e. The van der Waals surface area contributed by atoms with Gasteiger partial charge < -0.3 is 19.9 Å². The molecule has 1 saturated heterocycles. The number of aryl methyl sites for hydroxylation is 1. The van der Waals surface area contributed by atoms with Gasteiger partial charge in [-0.15, -0.1) is 5.10 Å². The average molecular weight is 556 g/mol. The molecule has 4 heterocycles. The summed E-state index contributed by atoms with van der Waals surface area (Å²) in [5, 5.41) is 20.7. The molecule has 2 atom stereocenters. The summed E-state index contributed by atoms with van der Waals surface area (Å²) < 4.78 is 17.2. The van der Waals surface area contributed by atoms with Gasteiger partial charge in [0.25, 0.3) is 11.9 Å². The number of anilines is 1. The smallest absolute Gasteiger partial charge is 0.324 e. The number of nitrogens with zero attached hydrogens (tertiary/aromatic N) is 5. The molecule has 0 saturated carbocycles. The van der Waals surface area contributed by atoms with E-state index >= 15 is 0 Å². The lowest BCUT2D eigenvalue weighted by atomic mass is 10.0. The lowest BCUT2D eigenvalue weighted by Gasteiger charge is -2.29. The Morgan fingerprint density at radius 1 is 1.12 bits per heavy atom. The first kappa shape index (κ1) is 26.5. The van der Waals surface area contributed by atoms with Crippen molar-refractivity contribution < 1.29 is 19.1 Å². The summed E-state index contributed by atoms with van der Waals surface area (Å²) in [6.45, 7) is 2.69. The van der Waals surface area contributed by atoms with Gasteiger partial charge >= 0.3 is 6.03 Å². The predicted octanol–water partition coefficient (Wildman–Crippen LogP) is 4.51. The van der Waals surface area contributed by atoms with E-state index in [9.17, 15) is 19.1 Å². The van der Waals surface area contributed by atoms with Gasteiger partial charge in [-0.3, -0.25) is 10.1 Å². The second-order valence-electron chi connectivity index (χ2n) is 10.5. The van der Waals surface area contributed by atoms with E-state index in [0.29, 0.717) is 29.7 Å². The number of nitrogens with one attached hydrogen (secondary N) is 2. The van der Waals surface area contributed by atoms with Crippen molar-refractivity contribution in [2.45, 2.75) is 31.9 Å². The van der Waals surface area contributed by atoms with E-state index in [1.54, 1.807) is 33.9 Å². The standard InChI is InChI=1S/C30H30FN7O3/c1-18(19-5-3-6-22(31)13-19)32-28(40)25-17-36(2)26-9-8-20(14-24(25)26)21-10-12-38-27(15-21)33-29(35-38)34-30(41)37-11-4-7-23(39)16-37/h3,5-6,8-10,12-15,17-18,23,39H,4,7,11,16H2,1-2H3,(H,32,40)(H,34,35,41)/t18-,23?/m0/s1. The van der Waals surface area contributed by atoms with Gasteiger partial charge in [-0.2, -0.15) is 4.98 Å². The molecular weight excluding hydrogens is 525 g/mol. The van der Waals surface area contributed by atoms with Crippen molar-refractivity contribution >= 4 is 34.4 Å². The Labute approximate surface area is 235 Å². The molecule has 0 bridgehead atoms. The molecule has 5 aromatic rings. The molecule has 3 N–H and O–H groups in total. The number of pyridine rings is 1. The quantitative estimate of drug-likeness (QED) is 0.295. The van der Waals surface area contributed by atoms with Crippen LogP contribution in [0.4, 0.5) is 15.1 Å². The number of fused-ring (bicyclic) bond motifs is 2. The third kappa shape index (κ3) is 5.36. The van der Waals surface area contributed by atoms with Crippen LogP contribution in [0.5, 0.6) is 0 Å². The number of hydrogen-bond donors (Lipinski definition) is 3. The molecule has 0 spiro atoms. The number of urea groups is 1. The fraction of sp³-hybridized carbons (Fsp3) is 0.267. The van der Waals surface area contributed by atoms with Crippen LogP contribution >= 0.6 is 0 Å². The molecule has 3 amide bonds. The van der Waals surface area contributed by atoms with Crippen LogP contribution in [0.15, 0.2) is 67.0 Å². The summed E-state index contributed by atoms with van der Waals surface area (Å²) in [6, 6.07) is 15.1. The number of carbonyl (C=O) groups excluding carboxylic acids is 2. The van der Waals surface area contributed by atoms with Gasteiger partial charge in [0.15, 0.2) is 5.65 Å². The maximum Gasteiger partial charge on any atom is 0.324 e. The van der Waals surface area contributed by atoms with E-state index in [-0.39, 0.29) is 36.3 Å². The van der Waals surface area contributed by atoms with E-state index < -0.39 is 6.10 Å². The highest BCUT2D eigenvalue weighted by molar-refractivity contribution is 6.08. The molecule has 1 aliphatic heterocycles. The molecule has 6 rings (SSSR count). The number of likely N-dealkylation sites (tertiary alicyclic amines) is 1. The van der Waals surface area contributed by atoms with Crippen molar-refractivity contribution in [3.8, 4) is 11.1 Å². The molecule has 11 heteroatoms. The number of hydrogen-bond acceptors (Lipinski definition) is 5. The maximum absolute atomic E-state index is 13.7. The monoisotopic (exact) mass is 555 g/mol. The number of carbonyl (C=O) groups is 2. The summed E-state index contributed by atoms with van der Waals surface area (Å²) in [4.78, 5) is 31.9. The van der Waals surface area contributed by atoms with E-state index in [2.05, 4.69) is 20.7 Å². The van der Waals surface area contributed by atoms with E-state index in [1.165, 1.54) is 12.1 Å². The molecule has 3 aromatic heterocycles. The van der Waals surface area contributed by atoms with Gasteiger partial charge in [0.2, 0.25) is 0 Å². The van der Waals surface area contributed by atoms with Crippen molar-refractivity contribution in [1.29, 1.82) is 0 Å². The molecular formula is C30H30FN7O3. The third-order valence-corrected chi connectivity index (χ3v) is 7.50. The minimum atomic E-state index is -0.517. The number of halogens is 1. The summed E-state index contributed by atoms with van der Waals surface area (Å²) in [5.41, 5.74) is 4.40. The molecule has 10 nitrogen and oxygen atoms in total. The summed E-state index contributed by atoms with van der Waals surface area (Å²) in [6.07, 6.45) is 4.48. The number of piperidine rings is 1. The zero-order valence-electron chi connectivity index (χ0n) is 22.7. The highest BCUT2D eigenvalue weighted by Gasteiger charge is 2.23. The average Bonchev–Trinajstić information content (AvgIpc) is 3.52. The fourth-order valence-electron chi connectivity index (χ4n) is 5.31. The van der Waals surface area contributed by atoms with E-state index in [1.807, 2.05) is 48.9 Å². The third-order valence-electron chi connectivity index (χ3n) is 7.50. The van der Waals surface area contributed by atoms with Crippen molar-refractivity contribution in [2.24, 2.45) is 7.05 Å². The SMILES string of the molecule is C[C@H](NC(=O)c1cn(C)c2ccc(-c3ccn4nc(NC(=O)N5CCCC(O)C5)nc4c3)cc12)c1cccc(F)c1. The summed E-state index contributed by atoms with van der Waals surface area (Å²) in [7, 11) is 1.89. The molecule has 41 heavy (non-hydrogen) atoms. The number of β-amino-alcohol motifs (C(OH)–C–C–N with tert-alkyl or cyclic N) is 1. The number of aliphatic hydroxyl groups excluding tert-OH is 1. The Hall–Kier alpha value is -4.77. The Balaban J connectivity index is 1.25. The fourth-order valence-corrected chi connectivity index (χ4v) is 5.31. The Morgan fingerprint density at radius 2 is 1.95 bits per heavy atom. The highest BCUT2D eigenvalue weighted by Crippen LogP contribution is 2.29. The number of aliphatic hydroxyl groups is 1. The van der Waals surface area contributed by atoms with E-state index in [0.717, 1.165) is 28.5 Å². The van der Waals surface area contributed by atoms with Crippen LogP contribution < -0.4 is 10.6 Å². The second-order valence-corrected chi connectivity index (χ2v) is 10.5. The summed E-state index contributed by atoms with van der Waals surface area (Å²) in [5.74, 6) is -0.421. The zero-order valence-corrected chi connectivity index (χ0v) is 22.7. The van der Waals surface area contributed by atoms with Crippen LogP contribution in [0.25, 0.3) is 27.7 Å². The minimum absolute atomic E-state index is 0.178. The molecule has 210 valence electrons. The molecule has 2 aromatic carbocycles. The molecule has 1 fully saturated rings. The van der Waals surface area contributed by atoms with Gasteiger partial charge in [-0.1, -0.05) is 18.2 Å². The van der Waals surface area contributed by atoms with Gasteiger partial charge in [-0.05, 0) is 72.9 Å². The lowest BCUT2D eigenvalue weighted by Crippen LogP contribution is -2.44. The lowest BCUT2D eigenvalue weighted by molar-refractivity contribution is 0.0883. The number of rotatable bonds is 5. The van der Waals surface area contributed by atoms with E-state index in [4.69, 9.17) is 0 Å². The Kier molecular flexibility index (Phi) is 6.88. The summed E-state index contributed by atoms with van der Waals surface area (Å²) >= 11 is 0. The van der Waals surface area contributed by atoms with Gasteiger partial charge in [0.1, 0.15) is 5.82 Å².